The van der Waals surface area contributed by atoms with Crippen molar-refractivity contribution in [2.75, 3.05) is 24.8 Å². The summed E-state index contributed by atoms with van der Waals surface area (Å²) in [6, 6.07) is 9.06. The molecule has 2 heterocycles. The zero-order chi connectivity index (χ0) is 14.7. The van der Waals surface area contributed by atoms with E-state index < -0.39 is 12.8 Å². The molecule has 0 aromatic heterocycles. The van der Waals surface area contributed by atoms with Crippen molar-refractivity contribution < 1.29 is 13.9 Å². The van der Waals surface area contributed by atoms with Gasteiger partial charge in [0.15, 0.2) is 0 Å². The Morgan fingerprint density at radius 2 is 2.14 bits per heavy atom. The van der Waals surface area contributed by atoms with Gasteiger partial charge in [0, 0.05) is 19.3 Å². The van der Waals surface area contributed by atoms with Crippen LogP contribution in [0.25, 0.3) is 0 Å². The van der Waals surface area contributed by atoms with Crippen LogP contribution >= 0.6 is 0 Å². The van der Waals surface area contributed by atoms with E-state index in [1.807, 2.05) is 12.1 Å². The third-order valence-electron chi connectivity index (χ3n) is 3.92. The minimum Gasteiger partial charge on any atom is -0.459 e. The van der Waals surface area contributed by atoms with Gasteiger partial charge in [0.25, 0.3) is 6.02 Å². The number of anilines is 1. The Labute approximate surface area is 124 Å². The van der Waals surface area contributed by atoms with Gasteiger partial charge in [-0.1, -0.05) is 18.2 Å². The molecular formula is C16H21FN2O2. The average molecular weight is 292 g/mol. The molecule has 0 spiro atoms. The predicted molar refractivity (Wildman–Crippen MR) is 80.4 cm³/mol. The van der Waals surface area contributed by atoms with Gasteiger partial charge in [0.05, 0.1) is 12.2 Å². The molecule has 0 amide bonds. The first kappa shape index (κ1) is 14.3. The zero-order valence-electron chi connectivity index (χ0n) is 12.3. The Kier molecular flexibility index (Phi) is 4.39. The molecule has 1 fully saturated rings. The predicted octanol–water partition coefficient (Wildman–Crippen LogP) is 2.92. The standard InChI is InChI=1S/C16H21FN2O2/c1-12(10-17)21-16-18-11-13-4-2-3-5-15(13)19(16)14-6-8-20-9-7-14/h2-5,12,14H,6-11H2,1H3/t12-/m0/s1. The van der Waals surface area contributed by atoms with E-state index in [4.69, 9.17) is 9.47 Å². The van der Waals surface area contributed by atoms with Crippen LogP contribution in [0.4, 0.5) is 10.1 Å². The largest absolute Gasteiger partial charge is 0.459 e. The van der Waals surface area contributed by atoms with Gasteiger partial charge in [0.2, 0.25) is 0 Å². The van der Waals surface area contributed by atoms with Crippen molar-refractivity contribution in [2.24, 2.45) is 4.99 Å². The number of fused-ring (bicyclic) bond motifs is 1. The van der Waals surface area contributed by atoms with E-state index in [0.717, 1.165) is 31.7 Å². The van der Waals surface area contributed by atoms with E-state index in [1.54, 1.807) is 6.92 Å². The van der Waals surface area contributed by atoms with E-state index in [2.05, 4.69) is 22.0 Å². The van der Waals surface area contributed by atoms with Crippen LogP contribution in [0.5, 0.6) is 0 Å². The number of nitrogens with zero attached hydrogens (tertiary/aromatic N) is 2. The van der Waals surface area contributed by atoms with Crippen molar-refractivity contribution in [2.45, 2.75) is 38.5 Å². The average Bonchev–Trinajstić information content (AvgIpc) is 2.55. The van der Waals surface area contributed by atoms with E-state index in [9.17, 15) is 4.39 Å². The number of benzene rings is 1. The van der Waals surface area contributed by atoms with Gasteiger partial charge in [-0.2, -0.15) is 0 Å². The molecule has 5 heteroatoms. The lowest BCUT2D eigenvalue weighted by molar-refractivity contribution is 0.0841. The summed E-state index contributed by atoms with van der Waals surface area (Å²) in [5.41, 5.74) is 2.31. The van der Waals surface area contributed by atoms with Crippen LogP contribution in [0.1, 0.15) is 25.3 Å². The monoisotopic (exact) mass is 292 g/mol. The Hall–Kier alpha value is -1.62. The van der Waals surface area contributed by atoms with Crippen molar-refractivity contribution >= 4 is 11.7 Å². The van der Waals surface area contributed by atoms with Gasteiger partial charge < -0.3 is 9.47 Å². The summed E-state index contributed by atoms with van der Waals surface area (Å²) in [4.78, 5) is 6.66. The quantitative estimate of drug-likeness (QED) is 0.859. The second-order valence-corrected chi connectivity index (χ2v) is 5.52. The minimum atomic E-state index is -0.512. The highest BCUT2D eigenvalue weighted by atomic mass is 19.1. The maximum atomic E-state index is 12.8. The van der Waals surface area contributed by atoms with Crippen molar-refractivity contribution in [1.29, 1.82) is 0 Å². The number of hydrogen-bond donors (Lipinski definition) is 0. The van der Waals surface area contributed by atoms with E-state index in [1.165, 1.54) is 5.56 Å². The molecule has 1 saturated heterocycles. The van der Waals surface area contributed by atoms with E-state index >= 15 is 0 Å². The van der Waals surface area contributed by atoms with Crippen LogP contribution in [-0.2, 0) is 16.0 Å². The molecule has 0 unspecified atom stereocenters. The number of alkyl halides is 1. The molecule has 21 heavy (non-hydrogen) atoms. The normalized spacial score (nSPS) is 20.7. The van der Waals surface area contributed by atoms with E-state index in [0.29, 0.717) is 18.6 Å². The summed E-state index contributed by atoms with van der Waals surface area (Å²) in [7, 11) is 0. The van der Waals surface area contributed by atoms with E-state index in [-0.39, 0.29) is 0 Å². The second-order valence-electron chi connectivity index (χ2n) is 5.52. The van der Waals surface area contributed by atoms with Crippen molar-refractivity contribution in [3.63, 3.8) is 0 Å². The van der Waals surface area contributed by atoms with Gasteiger partial charge in [-0.05, 0) is 31.4 Å². The number of aliphatic imine (C=N–C) groups is 1. The molecule has 0 N–H and O–H groups in total. The third-order valence-corrected chi connectivity index (χ3v) is 3.92. The Bertz CT molecular complexity index is 515. The summed E-state index contributed by atoms with van der Waals surface area (Å²) in [5.74, 6) is 0. The lowest BCUT2D eigenvalue weighted by Gasteiger charge is -2.39. The van der Waals surface area contributed by atoms with Gasteiger partial charge in [-0.15, -0.1) is 0 Å². The SMILES string of the molecule is C[C@@H](CF)OC1=NCc2ccccc2N1C1CCOCC1. The maximum absolute atomic E-state index is 12.8. The van der Waals surface area contributed by atoms with Crippen LogP contribution in [-0.4, -0.2) is 38.1 Å². The number of hydrogen-bond acceptors (Lipinski definition) is 4. The molecule has 1 aromatic rings. The van der Waals surface area contributed by atoms with Gasteiger partial charge in [-0.25, -0.2) is 9.38 Å². The third kappa shape index (κ3) is 3.02. The summed E-state index contributed by atoms with van der Waals surface area (Å²) >= 11 is 0. The molecule has 0 saturated carbocycles. The fourth-order valence-corrected chi connectivity index (χ4v) is 2.81. The first-order valence-corrected chi connectivity index (χ1v) is 7.51. The topological polar surface area (TPSA) is 34.1 Å². The molecular weight excluding hydrogens is 271 g/mol. The van der Waals surface area contributed by atoms with Gasteiger partial charge in [0.1, 0.15) is 12.8 Å². The first-order valence-electron chi connectivity index (χ1n) is 7.51. The second kappa shape index (κ2) is 6.43. The molecule has 0 radical (unpaired) electrons. The lowest BCUT2D eigenvalue weighted by atomic mass is 10.0. The van der Waals surface area contributed by atoms with Crippen molar-refractivity contribution in [1.82, 2.24) is 0 Å². The molecule has 0 bridgehead atoms. The smallest absolute Gasteiger partial charge is 0.292 e. The lowest BCUT2D eigenvalue weighted by Crippen LogP contribution is -2.47. The Balaban J connectivity index is 1.90. The number of halogens is 1. The fraction of sp³-hybridized carbons (Fsp3) is 0.562. The minimum absolute atomic E-state index is 0.297. The number of para-hydroxylation sites is 1. The molecule has 1 aromatic carbocycles. The highest BCUT2D eigenvalue weighted by Crippen LogP contribution is 2.31. The number of rotatable bonds is 3. The van der Waals surface area contributed by atoms with Crippen LogP contribution in [0, 0.1) is 0 Å². The zero-order valence-corrected chi connectivity index (χ0v) is 12.3. The molecule has 4 nitrogen and oxygen atoms in total. The van der Waals surface area contributed by atoms with Crippen LogP contribution in [0.2, 0.25) is 0 Å². The highest BCUT2D eigenvalue weighted by molar-refractivity contribution is 5.95. The summed E-state index contributed by atoms with van der Waals surface area (Å²) in [6.07, 6.45) is 1.39. The molecule has 0 aliphatic carbocycles. The van der Waals surface area contributed by atoms with Crippen LogP contribution in [0.3, 0.4) is 0 Å². The van der Waals surface area contributed by atoms with Crippen molar-refractivity contribution in [3.05, 3.63) is 29.8 Å². The van der Waals surface area contributed by atoms with Crippen LogP contribution < -0.4 is 4.90 Å². The fourth-order valence-electron chi connectivity index (χ4n) is 2.81. The maximum Gasteiger partial charge on any atom is 0.292 e. The summed E-state index contributed by atoms with van der Waals surface area (Å²) in [5, 5.41) is 0. The first-order chi connectivity index (χ1) is 10.3. The van der Waals surface area contributed by atoms with Crippen molar-refractivity contribution in [3.8, 4) is 0 Å². The number of ether oxygens (including phenoxy) is 2. The highest BCUT2D eigenvalue weighted by Gasteiger charge is 2.31. The molecule has 3 rings (SSSR count). The molecule has 114 valence electrons. The summed E-state index contributed by atoms with van der Waals surface area (Å²) in [6.45, 7) is 3.29. The summed E-state index contributed by atoms with van der Waals surface area (Å²) < 4.78 is 24.0. The van der Waals surface area contributed by atoms with Crippen LogP contribution in [0.15, 0.2) is 29.3 Å². The Morgan fingerprint density at radius 3 is 2.90 bits per heavy atom. The number of amidine groups is 1. The van der Waals surface area contributed by atoms with Gasteiger partial charge >= 0.3 is 0 Å². The molecule has 1 atom stereocenters. The van der Waals surface area contributed by atoms with Gasteiger partial charge in [-0.3, -0.25) is 4.90 Å². The molecule has 2 aliphatic rings. The Morgan fingerprint density at radius 1 is 1.38 bits per heavy atom. The molecule has 2 aliphatic heterocycles.